The molecule has 0 saturated carbocycles. The van der Waals surface area contributed by atoms with Crippen molar-refractivity contribution in [3.8, 4) is 0 Å². The zero-order valence-corrected chi connectivity index (χ0v) is 6.85. The van der Waals surface area contributed by atoms with Crippen LogP contribution >= 0.6 is 9.24 Å². The van der Waals surface area contributed by atoms with Gasteiger partial charge < -0.3 is 0 Å². The second kappa shape index (κ2) is 2.59. The van der Waals surface area contributed by atoms with E-state index >= 15 is 0 Å². The largest absolute Gasteiger partial charge is 0.299 e. The summed E-state index contributed by atoms with van der Waals surface area (Å²) in [7, 11) is 2.57. The van der Waals surface area contributed by atoms with Crippen LogP contribution in [0, 0.1) is 5.41 Å². The number of carbonyl (C=O) groups is 1. The van der Waals surface area contributed by atoms with E-state index in [1.165, 1.54) is 0 Å². The second-order valence-electron chi connectivity index (χ2n) is 2.64. The van der Waals surface area contributed by atoms with Crippen LogP contribution in [0.3, 0.4) is 0 Å². The van der Waals surface area contributed by atoms with Crippen molar-refractivity contribution in [3.63, 3.8) is 0 Å². The van der Waals surface area contributed by atoms with Gasteiger partial charge in [-0.3, -0.25) is 4.79 Å². The molecule has 0 aliphatic heterocycles. The topological polar surface area (TPSA) is 17.1 Å². The van der Waals surface area contributed by atoms with Gasteiger partial charge in [0.25, 0.3) is 0 Å². The maximum atomic E-state index is 10.7. The highest BCUT2D eigenvalue weighted by molar-refractivity contribution is 7.16. The fraction of sp³-hybridized carbons (Fsp3) is 0.833. The molecule has 0 rings (SSSR count). The molecule has 0 aromatic rings. The van der Waals surface area contributed by atoms with E-state index in [9.17, 15) is 4.79 Å². The van der Waals surface area contributed by atoms with E-state index in [-0.39, 0.29) is 11.2 Å². The summed E-state index contributed by atoms with van der Waals surface area (Å²) in [5, 5.41) is 0. The van der Waals surface area contributed by atoms with Crippen LogP contribution in [0.15, 0.2) is 0 Å². The first-order chi connectivity index (χ1) is 3.50. The zero-order chi connectivity index (χ0) is 6.78. The summed E-state index contributed by atoms with van der Waals surface area (Å²) in [5.41, 5.74) is -0.134. The first-order valence-electron chi connectivity index (χ1n) is 2.72. The molecular formula is C6H13OP. The van der Waals surface area contributed by atoms with Gasteiger partial charge in [-0.25, -0.2) is 0 Å². The van der Waals surface area contributed by atoms with E-state index in [4.69, 9.17) is 0 Å². The average molecular weight is 132 g/mol. The molecule has 0 radical (unpaired) electrons. The van der Waals surface area contributed by atoms with Crippen LogP contribution in [0.2, 0.25) is 0 Å². The lowest BCUT2D eigenvalue weighted by molar-refractivity contribution is -0.123. The van der Waals surface area contributed by atoms with E-state index in [0.717, 1.165) is 6.16 Å². The number of hydrogen-bond acceptors (Lipinski definition) is 1. The normalized spacial score (nSPS) is 11.5. The number of Topliss-reactive ketones (excluding diaryl/α,β-unsaturated/α-hetero) is 1. The van der Waals surface area contributed by atoms with Gasteiger partial charge in [-0.05, 0) is 13.1 Å². The molecule has 1 nitrogen and oxygen atoms in total. The molecule has 0 N–H and O–H groups in total. The highest BCUT2D eigenvalue weighted by Crippen LogP contribution is 2.18. The zero-order valence-electron chi connectivity index (χ0n) is 5.69. The van der Waals surface area contributed by atoms with Crippen LogP contribution in [0.5, 0.6) is 0 Å². The standard InChI is InChI=1S/C6H13OP/c1-5(7)6(2,3)4-8/h4,8H2,1-3H3. The van der Waals surface area contributed by atoms with E-state index in [1.807, 2.05) is 13.8 Å². The molecule has 0 heterocycles. The summed E-state index contributed by atoms with van der Waals surface area (Å²) in [4.78, 5) is 10.7. The summed E-state index contributed by atoms with van der Waals surface area (Å²) >= 11 is 0. The summed E-state index contributed by atoms with van der Waals surface area (Å²) in [6.07, 6.45) is 0.850. The Morgan fingerprint density at radius 2 is 2.00 bits per heavy atom. The van der Waals surface area contributed by atoms with E-state index < -0.39 is 0 Å². The van der Waals surface area contributed by atoms with Gasteiger partial charge in [0.05, 0.1) is 0 Å². The van der Waals surface area contributed by atoms with Crippen molar-refractivity contribution in [2.75, 3.05) is 6.16 Å². The summed E-state index contributed by atoms with van der Waals surface area (Å²) in [5.74, 6) is 0.257. The quantitative estimate of drug-likeness (QED) is 0.520. The highest BCUT2D eigenvalue weighted by Gasteiger charge is 2.19. The molecule has 0 amide bonds. The lowest BCUT2D eigenvalue weighted by atomic mass is 9.92. The van der Waals surface area contributed by atoms with Crippen molar-refractivity contribution < 1.29 is 4.79 Å². The third-order valence-electron chi connectivity index (χ3n) is 1.46. The minimum Gasteiger partial charge on any atom is -0.299 e. The molecule has 2 heteroatoms. The molecule has 1 unspecified atom stereocenters. The molecule has 0 bridgehead atoms. The first kappa shape index (κ1) is 8.10. The molecule has 0 aromatic heterocycles. The number of carbonyl (C=O) groups excluding carboxylic acids is 1. The van der Waals surface area contributed by atoms with Crippen LogP contribution in [0.1, 0.15) is 20.8 Å². The minimum absolute atomic E-state index is 0.134. The molecule has 0 aliphatic carbocycles. The molecule has 48 valence electrons. The van der Waals surface area contributed by atoms with Crippen LogP contribution in [-0.4, -0.2) is 11.9 Å². The smallest absolute Gasteiger partial charge is 0.135 e. The van der Waals surface area contributed by atoms with Crippen LogP contribution in [0.4, 0.5) is 0 Å². The van der Waals surface area contributed by atoms with Crippen molar-refractivity contribution >= 4 is 15.0 Å². The monoisotopic (exact) mass is 132 g/mol. The van der Waals surface area contributed by atoms with Crippen molar-refractivity contribution in [2.45, 2.75) is 20.8 Å². The summed E-state index contributed by atoms with van der Waals surface area (Å²) < 4.78 is 0. The molecule has 1 atom stereocenters. The van der Waals surface area contributed by atoms with Crippen LogP contribution in [-0.2, 0) is 4.79 Å². The number of rotatable bonds is 2. The van der Waals surface area contributed by atoms with Gasteiger partial charge in [-0.2, -0.15) is 0 Å². The predicted molar refractivity (Wildman–Crippen MR) is 39.0 cm³/mol. The van der Waals surface area contributed by atoms with Gasteiger partial charge in [-0.1, -0.05) is 13.8 Å². The Morgan fingerprint density at radius 3 is 2.00 bits per heavy atom. The van der Waals surface area contributed by atoms with Crippen molar-refractivity contribution in [1.82, 2.24) is 0 Å². The van der Waals surface area contributed by atoms with Crippen LogP contribution in [0.25, 0.3) is 0 Å². The highest BCUT2D eigenvalue weighted by atomic mass is 31.0. The maximum absolute atomic E-state index is 10.7. The van der Waals surface area contributed by atoms with E-state index in [1.54, 1.807) is 6.92 Å². The molecule has 0 aromatic carbocycles. The Morgan fingerprint density at radius 1 is 1.62 bits per heavy atom. The lowest BCUT2D eigenvalue weighted by Gasteiger charge is -2.16. The predicted octanol–water partition coefficient (Wildman–Crippen LogP) is 1.48. The molecule has 8 heavy (non-hydrogen) atoms. The SMILES string of the molecule is CC(=O)C(C)(C)CP. The van der Waals surface area contributed by atoms with Gasteiger partial charge in [0.1, 0.15) is 5.78 Å². The molecule has 0 spiro atoms. The van der Waals surface area contributed by atoms with Gasteiger partial charge >= 0.3 is 0 Å². The van der Waals surface area contributed by atoms with Gasteiger partial charge in [-0.15, -0.1) is 9.24 Å². The minimum atomic E-state index is -0.134. The number of hydrogen-bond donors (Lipinski definition) is 0. The Kier molecular flexibility index (Phi) is 2.62. The Hall–Kier alpha value is 0.100. The van der Waals surface area contributed by atoms with E-state index in [2.05, 4.69) is 9.24 Å². The summed E-state index contributed by atoms with van der Waals surface area (Å²) in [6, 6.07) is 0. The van der Waals surface area contributed by atoms with Gasteiger partial charge in [0.2, 0.25) is 0 Å². The maximum Gasteiger partial charge on any atom is 0.135 e. The first-order valence-corrected chi connectivity index (χ1v) is 3.53. The van der Waals surface area contributed by atoms with Crippen molar-refractivity contribution in [1.29, 1.82) is 0 Å². The third-order valence-corrected chi connectivity index (χ3v) is 2.48. The summed E-state index contributed by atoms with van der Waals surface area (Å²) in [6.45, 7) is 5.52. The Labute approximate surface area is 53.1 Å². The number of ketones is 1. The lowest BCUT2D eigenvalue weighted by Crippen LogP contribution is -2.22. The Balaban J connectivity index is 3.91. The van der Waals surface area contributed by atoms with Crippen molar-refractivity contribution in [3.05, 3.63) is 0 Å². The average Bonchev–Trinajstić information content (AvgIpc) is 1.67. The molecule has 0 fully saturated rings. The van der Waals surface area contributed by atoms with Gasteiger partial charge in [0, 0.05) is 5.41 Å². The van der Waals surface area contributed by atoms with E-state index in [0.29, 0.717) is 0 Å². The molecule has 0 saturated heterocycles. The molecular weight excluding hydrogens is 119 g/mol. The third kappa shape index (κ3) is 1.92. The van der Waals surface area contributed by atoms with Gasteiger partial charge in [0.15, 0.2) is 0 Å². The fourth-order valence-electron chi connectivity index (χ4n) is 0.144. The molecule has 0 aliphatic rings. The van der Waals surface area contributed by atoms with Crippen molar-refractivity contribution in [2.24, 2.45) is 5.41 Å². The van der Waals surface area contributed by atoms with Crippen LogP contribution < -0.4 is 0 Å². The second-order valence-corrected chi connectivity index (χ2v) is 3.05. The fourth-order valence-corrected chi connectivity index (χ4v) is 0.431. The Bertz CT molecular complexity index is 96.7.